The fraction of sp³-hybridized carbons (Fsp3) is 0.429. The highest BCUT2D eigenvalue weighted by atomic mass is 35.5. The van der Waals surface area contributed by atoms with Crippen LogP contribution in [0.5, 0.6) is 0 Å². The zero-order valence-corrected chi connectivity index (χ0v) is 15.2. The molecule has 0 saturated carbocycles. The number of amides is 1. The van der Waals surface area contributed by atoms with Crippen molar-refractivity contribution in [1.29, 1.82) is 0 Å². The van der Waals surface area contributed by atoms with Crippen LogP contribution in [-0.4, -0.2) is 52.3 Å². The van der Waals surface area contributed by atoms with Gasteiger partial charge in [0.1, 0.15) is 6.04 Å². The van der Waals surface area contributed by atoms with Crippen LogP contribution in [0.2, 0.25) is 0 Å². The largest absolute Gasteiger partial charge is 0.353 e. The standard InChI is InChI=1S/C14H21N7O.2ClH/c1-3-12(13(22)16-10-9-15-2)17-14-18-19-20-21(14)11-7-5-4-6-8-11;;/h4-8,12,15H,3,9-10H2,1-2H3,(H,16,22)(H,17,18,20);2*1H. The molecule has 0 aliphatic carbocycles. The molecule has 0 spiro atoms. The average molecular weight is 376 g/mol. The Morgan fingerprint density at radius 1 is 1.21 bits per heavy atom. The number of benzene rings is 1. The minimum atomic E-state index is -0.384. The van der Waals surface area contributed by atoms with Crippen molar-refractivity contribution >= 4 is 36.7 Å². The number of tetrazole rings is 1. The normalized spacial score (nSPS) is 10.9. The van der Waals surface area contributed by atoms with E-state index >= 15 is 0 Å². The number of carbonyl (C=O) groups excluding carboxylic acids is 1. The van der Waals surface area contributed by atoms with Gasteiger partial charge in [-0.3, -0.25) is 4.79 Å². The molecular formula is C14H23Cl2N7O. The summed E-state index contributed by atoms with van der Waals surface area (Å²) in [6, 6.07) is 9.14. The lowest BCUT2D eigenvalue weighted by molar-refractivity contribution is -0.121. The molecule has 0 aliphatic rings. The molecule has 2 aromatic rings. The lowest BCUT2D eigenvalue weighted by atomic mass is 10.2. The zero-order chi connectivity index (χ0) is 15.8. The first-order valence-corrected chi connectivity index (χ1v) is 7.29. The predicted octanol–water partition coefficient (Wildman–Crippen LogP) is 1.03. The minimum absolute atomic E-state index is 0. The summed E-state index contributed by atoms with van der Waals surface area (Å²) < 4.78 is 1.57. The second-order valence-corrected chi connectivity index (χ2v) is 4.75. The number of nitrogens with one attached hydrogen (secondary N) is 3. The molecule has 0 radical (unpaired) electrons. The number of likely N-dealkylation sites (N-methyl/N-ethyl adjacent to an activating group) is 1. The van der Waals surface area contributed by atoms with Crippen molar-refractivity contribution in [3.05, 3.63) is 30.3 Å². The molecule has 3 N–H and O–H groups in total. The van der Waals surface area contributed by atoms with E-state index in [1.165, 1.54) is 0 Å². The van der Waals surface area contributed by atoms with Crippen LogP contribution in [0.3, 0.4) is 0 Å². The summed E-state index contributed by atoms with van der Waals surface area (Å²) in [5.74, 6) is 0.377. The monoisotopic (exact) mass is 375 g/mol. The third-order valence-corrected chi connectivity index (χ3v) is 3.17. The lowest BCUT2D eigenvalue weighted by Crippen LogP contribution is -2.42. The van der Waals surface area contributed by atoms with Crippen LogP contribution in [0.15, 0.2) is 30.3 Å². The van der Waals surface area contributed by atoms with Crippen LogP contribution >= 0.6 is 24.8 Å². The molecule has 1 aromatic carbocycles. The Balaban J connectivity index is 0.00000264. The lowest BCUT2D eigenvalue weighted by Gasteiger charge is -2.17. The molecule has 8 nitrogen and oxygen atoms in total. The second kappa shape index (κ2) is 11.6. The number of halogens is 2. The first kappa shape index (κ1) is 22.1. The van der Waals surface area contributed by atoms with Crippen molar-refractivity contribution in [2.24, 2.45) is 0 Å². The smallest absolute Gasteiger partial charge is 0.248 e. The number of para-hydroxylation sites is 1. The number of hydrogen-bond donors (Lipinski definition) is 3. The fourth-order valence-corrected chi connectivity index (χ4v) is 1.96. The van der Waals surface area contributed by atoms with Gasteiger partial charge in [0.25, 0.3) is 0 Å². The first-order valence-electron chi connectivity index (χ1n) is 7.29. The van der Waals surface area contributed by atoms with Gasteiger partial charge in [0.15, 0.2) is 0 Å². The van der Waals surface area contributed by atoms with Gasteiger partial charge in [-0.1, -0.05) is 30.2 Å². The highest BCUT2D eigenvalue weighted by molar-refractivity contribution is 5.85. The van der Waals surface area contributed by atoms with Crippen LogP contribution in [0.25, 0.3) is 5.69 Å². The van der Waals surface area contributed by atoms with Gasteiger partial charge < -0.3 is 16.0 Å². The van der Waals surface area contributed by atoms with Crippen molar-refractivity contribution in [3.63, 3.8) is 0 Å². The van der Waals surface area contributed by atoms with E-state index in [2.05, 4.69) is 31.5 Å². The number of carbonyl (C=O) groups is 1. The molecule has 0 fully saturated rings. The van der Waals surface area contributed by atoms with Crippen molar-refractivity contribution in [2.75, 3.05) is 25.5 Å². The quantitative estimate of drug-likeness (QED) is 0.596. The van der Waals surface area contributed by atoms with E-state index in [1.807, 2.05) is 44.3 Å². The molecule has 1 atom stereocenters. The maximum Gasteiger partial charge on any atom is 0.248 e. The summed E-state index contributed by atoms with van der Waals surface area (Å²) >= 11 is 0. The predicted molar refractivity (Wildman–Crippen MR) is 98.3 cm³/mol. The number of rotatable bonds is 8. The van der Waals surface area contributed by atoms with E-state index in [4.69, 9.17) is 0 Å². The van der Waals surface area contributed by atoms with Gasteiger partial charge in [-0.2, -0.15) is 4.68 Å². The maximum atomic E-state index is 12.1. The van der Waals surface area contributed by atoms with Crippen molar-refractivity contribution in [2.45, 2.75) is 19.4 Å². The van der Waals surface area contributed by atoms with Gasteiger partial charge in [0.2, 0.25) is 11.9 Å². The summed E-state index contributed by atoms with van der Waals surface area (Å²) in [6.07, 6.45) is 0.632. The minimum Gasteiger partial charge on any atom is -0.353 e. The Labute approximate surface area is 153 Å². The summed E-state index contributed by atoms with van der Waals surface area (Å²) in [6.45, 7) is 3.24. The first-order chi connectivity index (χ1) is 10.8. The second-order valence-electron chi connectivity index (χ2n) is 4.75. The SMILES string of the molecule is CCC(Nc1nnnn1-c1ccccc1)C(=O)NCCNC.Cl.Cl. The molecular weight excluding hydrogens is 353 g/mol. The Morgan fingerprint density at radius 3 is 2.54 bits per heavy atom. The van der Waals surface area contributed by atoms with Crippen molar-refractivity contribution < 1.29 is 4.79 Å². The average Bonchev–Trinajstić information content (AvgIpc) is 3.01. The zero-order valence-electron chi connectivity index (χ0n) is 13.6. The number of anilines is 1. The van der Waals surface area contributed by atoms with E-state index in [9.17, 15) is 4.79 Å². The summed E-state index contributed by atoms with van der Waals surface area (Å²) in [5, 5.41) is 20.5. The van der Waals surface area contributed by atoms with Gasteiger partial charge in [0, 0.05) is 13.1 Å². The summed E-state index contributed by atoms with van der Waals surface area (Å²) in [5.41, 5.74) is 0.834. The molecule has 0 saturated heterocycles. The van der Waals surface area contributed by atoms with Gasteiger partial charge >= 0.3 is 0 Å². The van der Waals surface area contributed by atoms with Crippen LogP contribution in [-0.2, 0) is 4.79 Å². The van der Waals surface area contributed by atoms with Crippen molar-refractivity contribution in [1.82, 2.24) is 30.8 Å². The molecule has 24 heavy (non-hydrogen) atoms. The Kier molecular flexibility index (Phi) is 10.7. The van der Waals surface area contributed by atoms with Crippen LogP contribution in [0, 0.1) is 0 Å². The van der Waals surface area contributed by atoms with E-state index < -0.39 is 0 Å². The van der Waals surface area contributed by atoms with Gasteiger partial charge in [0.05, 0.1) is 5.69 Å². The van der Waals surface area contributed by atoms with Gasteiger partial charge in [-0.25, -0.2) is 0 Å². The summed E-state index contributed by atoms with van der Waals surface area (Å²) in [4.78, 5) is 12.1. The third-order valence-electron chi connectivity index (χ3n) is 3.17. The molecule has 134 valence electrons. The Bertz CT molecular complexity index is 594. The Morgan fingerprint density at radius 2 is 1.92 bits per heavy atom. The Hall–Kier alpha value is -1.90. The number of aromatic nitrogens is 4. The van der Waals surface area contributed by atoms with Crippen LogP contribution < -0.4 is 16.0 Å². The van der Waals surface area contributed by atoms with Gasteiger partial charge in [-0.05, 0) is 36.0 Å². The molecule has 1 aromatic heterocycles. The number of nitrogens with zero attached hydrogens (tertiary/aromatic N) is 4. The molecule has 10 heteroatoms. The summed E-state index contributed by atoms with van der Waals surface area (Å²) in [7, 11) is 1.84. The highest BCUT2D eigenvalue weighted by Crippen LogP contribution is 2.12. The van der Waals surface area contributed by atoms with E-state index in [0.29, 0.717) is 18.9 Å². The maximum absolute atomic E-state index is 12.1. The van der Waals surface area contributed by atoms with Crippen LogP contribution in [0.4, 0.5) is 5.95 Å². The fourth-order valence-electron chi connectivity index (χ4n) is 1.96. The topological polar surface area (TPSA) is 96.8 Å². The molecule has 2 rings (SSSR count). The van der Waals surface area contributed by atoms with Gasteiger partial charge in [-0.15, -0.1) is 24.8 Å². The van der Waals surface area contributed by atoms with E-state index in [0.717, 1.165) is 12.2 Å². The molecule has 1 unspecified atom stereocenters. The molecule has 0 bridgehead atoms. The molecule has 0 aliphatic heterocycles. The van der Waals surface area contributed by atoms with E-state index in [1.54, 1.807) is 4.68 Å². The van der Waals surface area contributed by atoms with E-state index in [-0.39, 0.29) is 36.8 Å². The van der Waals surface area contributed by atoms with Crippen molar-refractivity contribution in [3.8, 4) is 5.69 Å². The molecule has 1 heterocycles. The third kappa shape index (κ3) is 5.95. The molecule has 1 amide bonds. The number of hydrogen-bond acceptors (Lipinski definition) is 6. The van der Waals surface area contributed by atoms with Crippen LogP contribution in [0.1, 0.15) is 13.3 Å². The highest BCUT2D eigenvalue weighted by Gasteiger charge is 2.19.